The molecule has 18 heteroatoms. The molecule has 190 valence electrons. The maximum atomic E-state index is 14.1. The first kappa shape index (κ1) is 27.4. The minimum atomic E-state index is -6.92. The second kappa shape index (κ2) is 7.86. The van der Waals surface area contributed by atoms with Crippen LogP contribution in [0.25, 0.3) is 11.1 Å². The minimum Gasteiger partial charge on any atom is -0.203 e. The lowest BCUT2D eigenvalue weighted by atomic mass is 9.94. The third kappa shape index (κ3) is 3.70. The Bertz CT molecular complexity index is 1000. The van der Waals surface area contributed by atoms with Gasteiger partial charge in [-0.05, 0) is 0 Å². The number of rotatable bonds is 3. The molecule has 0 saturated carbocycles. The molecule has 0 atom stereocenters. The van der Waals surface area contributed by atoms with E-state index in [-0.39, 0.29) is 0 Å². The van der Waals surface area contributed by atoms with Crippen molar-refractivity contribution < 1.29 is 79.0 Å². The molecule has 0 N–H and O–H groups in total. The van der Waals surface area contributed by atoms with E-state index in [1.165, 1.54) is 0 Å². The Morgan fingerprint density at radius 1 is 0.294 bits per heavy atom. The van der Waals surface area contributed by atoms with Crippen molar-refractivity contribution in [2.24, 2.45) is 0 Å². The van der Waals surface area contributed by atoms with Gasteiger partial charge in [0.15, 0.2) is 46.5 Å². The summed E-state index contributed by atoms with van der Waals surface area (Å²) in [5, 5.41) is 0. The van der Waals surface area contributed by atoms with Crippen molar-refractivity contribution in [1.82, 2.24) is 0 Å². The molecule has 2 aromatic carbocycles. The van der Waals surface area contributed by atoms with E-state index in [1.54, 1.807) is 0 Å². The summed E-state index contributed by atoms with van der Waals surface area (Å²) in [6.07, 6.45) is -13.8. The molecule has 0 aliphatic carbocycles. The summed E-state index contributed by atoms with van der Waals surface area (Å²) in [5.41, 5.74) is -13.6. The quantitative estimate of drug-likeness (QED) is 0.279. The van der Waals surface area contributed by atoms with Gasteiger partial charge in [0.2, 0.25) is 0 Å². The third-order valence-corrected chi connectivity index (χ3v) is 4.12. The first-order valence-corrected chi connectivity index (χ1v) is 7.65. The second-order valence-electron chi connectivity index (χ2n) is 6.16. The van der Waals surface area contributed by atoms with E-state index in [4.69, 9.17) is 0 Å². The lowest BCUT2D eigenvalue weighted by Crippen LogP contribution is -2.37. The molecule has 0 unspecified atom stereocenters. The molecule has 0 fully saturated rings. The van der Waals surface area contributed by atoms with Gasteiger partial charge in [0.05, 0.1) is 11.1 Å². The van der Waals surface area contributed by atoms with Gasteiger partial charge in [-0.3, -0.25) is 0 Å². The summed E-state index contributed by atoms with van der Waals surface area (Å²) in [6, 6.07) is 0. The summed E-state index contributed by atoms with van der Waals surface area (Å²) >= 11 is 0. The van der Waals surface area contributed by atoms with Crippen LogP contribution in [-0.4, -0.2) is 12.4 Å². The second-order valence-corrected chi connectivity index (χ2v) is 6.16. The minimum absolute atomic E-state index is 3.08. The molecular weight excluding hydrogens is 534 g/mol. The molecule has 0 spiro atoms. The van der Waals surface area contributed by atoms with Crippen LogP contribution < -0.4 is 0 Å². The zero-order valence-electron chi connectivity index (χ0n) is 14.8. The van der Waals surface area contributed by atoms with Crippen LogP contribution in [0.15, 0.2) is 0 Å². The summed E-state index contributed by atoms with van der Waals surface area (Å²) in [4.78, 5) is 0. The van der Waals surface area contributed by atoms with Crippen LogP contribution in [0.3, 0.4) is 0 Å². The largest absolute Gasteiger partial charge is 0.458 e. The van der Waals surface area contributed by atoms with Crippen molar-refractivity contribution >= 4 is 0 Å². The van der Waals surface area contributed by atoms with E-state index in [0.717, 1.165) is 0 Å². The Labute approximate surface area is 173 Å². The first-order chi connectivity index (χ1) is 15.0. The van der Waals surface area contributed by atoms with Crippen LogP contribution in [-0.2, 0) is 11.8 Å². The number of alkyl halides is 10. The van der Waals surface area contributed by atoms with Crippen molar-refractivity contribution in [1.29, 1.82) is 0 Å². The molecule has 0 aliphatic rings. The van der Waals surface area contributed by atoms with Crippen LogP contribution in [0.1, 0.15) is 11.1 Å². The van der Waals surface area contributed by atoms with Crippen LogP contribution in [0.5, 0.6) is 0 Å². The molecule has 0 heterocycles. The van der Waals surface area contributed by atoms with E-state index >= 15 is 0 Å². The Balaban J connectivity index is 3.04. The van der Waals surface area contributed by atoms with Gasteiger partial charge in [0, 0.05) is 0 Å². The van der Waals surface area contributed by atoms with Gasteiger partial charge in [-0.2, -0.15) is 43.9 Å². The van der Waals surface area contributed by atoms with Crippen molar-refractivity contribution in [3.05, 3.63) is 57.7 Å². The first-order valence-electron chi connectivity index (χ1n) is 7.65. The van der Waals surface area contributed by atoms with Gasteiger partial charge in [-0.25, -0.2) is 35.1 Å². The molecule has 2 rings (SSSR count). The fraction of sp³-hybridized carbons (Fsp3) is 0.250. The Kier molecular flexibility index (Phi) is 6.34. The Hall–Kier alpha value is -2.82. The molecule has 34 heavy (non-hydrogen) atoms. The summed E-state index contributed by atoms with van der Waals surface area (Å²) in [5.74, 6) is -42.3. The predicted molar refractivity (Wildman–Crippen MR) is 71.4 cm³/mol. The van der Waals surface area contributed by atoms with Crippen molar-refractivity contribution in [3.8, 4) is 11.1 Å². The highest BCUT2D eigenvalue weighted by atomic mass is 19.4. The summed E-state index contributed by atoms with van der Waals surface area (Å²) in [6.45, 7) is 0. The third-order valence-electron chi connectivity index (χ3n) is 4.12. The van der Waals surface area contributed by atoms with Crippen LogP contribution in [0.4, 0.5) is 79.0 Å². The topological polar surface area (TPSA) is 0 Å². The lowest BCUT2D eigenvalue weighted by molar-refractivity contribution is -0.291. The lowest BCUT2D eigenvalue weighted by Gasteiger charge is -2.24. The smallest absolute Gasteiger partial charge is 0.203 e. The number of benzene rings is 2. The van der Waals surface area contributed by atoms with Gasteiger partial charge in [-0.1, -0.05) is 0 Å². The Morgan fingerprint density at radius 3 is 0.618 bits per heavy atom. The molecule has 0 aromatic heterocycles. The molecule has 0 nitrogen and oxygen atoms in total. The highest BCUT2D eigenvalue weighted by molar-refractivity contribution is 5.68. The molecule has 0 saturated heterocycles. The van der Waals surface area contributed by atoms with Gasteiger partial charge < -0.3 is 0 Å². The molecule has 0 amide bonds. The van der Waals surface area contributed by atoms with Crippen LogP contribution in [0.2, 0.25) is 0 Å². The number of hydrogen-bond donors (Lipinski definition) is 0. The molecule has 0 bridgehead atoms. The highest BCUT2D eigenvalue weighted by Crippen LogP contribution is 2.50. The highest BCUT2D eigenvalue weighted by Gasteiger charge is 2.64. The number of halogens is 18. The zero-order valence-corrected chi connectivity index (χ0v) is 14.8. The monoisotopic (exact) mass is 534 g/mol. The van der Waals surface area contributed by atoms with Gasteiger partial charge in [0.1, 0.15) is 11.1 Å². The zero-order chi connectivity index (χ0) is 26.9. The summed E-state index contributed by atoms with van der Waals surface area (Å²) < 4.78 is 239. The van der Waals surface area contributed by atoms with Crippen molar-refractivity contribution in [2.75, 3.05) is 0 Å². The molecule has 0 radical (unpaired) electrons. The maximum absolute atomic E-state index is 14.1. The van der Waals surface area contributed by atoms with Gasteiger partial charge >= 0.3 is 24.2 Å². The fourth-order valence-corrected chi connectivity index (χ4v) is 2.54. The average Bonchev–Trinajstić information content (AvgIpc) is 2.65. The summed E-state index contributed by atoms with van der Waals surface area (Å²) in [7, 11) is 0. The molecule has 0 aliphatic heterocycles. The fourth-order valence-electron chi connectivity index (χ4n) is 2.54. The van der Waals surface area contributed by atoms with Crippen LogP contribution in [0, 0.1) is 46.5 Å². The molecule has 2 aromatic rings. The van der Waals surface area contributed by atoms with Crippen molar-refractivity contribution in [3.63, 3.8) is 0 Å². The van der Waals surface area contributed by atoms with Gasteiger partial charge in [-0.15, -0.1) is 0 Å². The maximum Gasteiger partial charge on any atom is 0.458 e. The van der Waals surface area contributed by atoms with E-state index < -0.39 is 93.0 Å². The Morgan fingerprint density at radius 2 is 0.471 bits per heavy atom. The number of hydrogen-bond acceptors (Lipinski definition) is 0. The van der Waals surface area contributed by atoms with E-state index in [1.807, 2.05) is 0 Å². The SMILES string of the molecule is Fc1c(F)c(C(F)(F)C(F)(F)F)c(F)c(F)c1-c1c(F)c(F)c(C(F)(F)C(F)(F)F)c(F)c1F. The average molecular weight is 534 g/mol. The standard InChI is InChI=1S/C16F18/c17-5-1(6(18)10(22)3(9(5)21)13(25,26)15(29,30)31)2-7(19)11(23)4(12(24)8(2)20)14(27,28)16(32,33)34. The van der Waals surface area contributed by atoms with E-state index in [2.05, 4.69) is 0 Å². The van der Waals surface area contributed by atoms with Gasteiger partial charge in [0.25, 0.3) is 0 Å². The van der Waals surface area contributed by atoms with Crippen molar-refractivity contribution in [2.45, 2.75) is 24.2 Å². The normalized spacial score (nSPS) is 13.6. The predicted octanol–water partition coefficient (Wildman–Crippen LogP) is 7.77. The van der Waals surface area contributed by atoms with Crippen LogP contribution >= 0.6 is 0 Å². The van der Waals surface area contributed by atoms with E-state index in [0.29, 0.717) is 0 Å². The molecular formula is C16F18. The van der Waals surface area contributed by atoms with E-state index in [9.17, 15) is 79.0 Å².